The van der Waals surface area contributed by atoms with E-state index in [2.05, 4.69) is 31.2 Å². The van der Waals surface area contributed by atoms with Crippen molar-refractivity contribution in [2.45, 2.75) is 6.92 Å². The summed E-state index contributed by atoms with van der Waals surface area (Å²) in [5, 5.41) is 3.50. The molecule has 1 amide bonds. The Balaban J connectivity index is 1.46. The molecule has 0 radical (unpaired) electrons. The summed E-state index contributed by atoms with van der Waals surface area (Å²) in [5.41, 5.74) is 1.88. The lowest BCUT2D eigenvalue weighted by atomic mass is 10.2. The third kappa shape index (κ3) is 4.92. The van der Waals surface area contributed by atoms with Crippen LogP contribution in [0.1, 0.15) is 5.56 Å². The molecule has 2 aromatic carbocycles. The van der Waals surface area contributed by atoms with Gasteiger partial charge in [0.2, 0.25) is 5.88 Å². The van der Waals surface area contributed by atoms with Gasteiger partial charge in [-0.15, -0.1) is 0 Å². The molecule has 0 aliphatic rings. The Morgan fingerprint density at radius 2 is 2.04 bits per heavy atom. The number of ether oxygens (including phenoxy) is 2. The van der Waals surface area contributed by atoms with E-state index in [0.29, 0.717) is 19.0 Å². The van der Waals surface area contributed by atoms with E-state index in [1.54, 1.807) is 0 Å². The lowest BCUT2D eigenvalue weighted by Gasteiger charge is -2.10. The number of benzene rings is 2. The van der Waals surface area contributed by atoms with Gasteiger partial charge in [-0.1, -0.05) is 28.1 Å². The maximum atomic E-state index is 11.9. The zero-order valence-electron chi connectivity index (χ0n) is 14.2. The zero-order valence-corrected chi connectivity index (χ0v) is 15.8. The first kappa shape index (κ1) is 18.1. The van der Waals surface area contributed by atoms with Crippen LogP contribution in [-0.4, -0.2) is 35.6 Å². The number of hydrogen-bond donors (Lipinski definition) is 1. The fraction of sp³-hybridized carbons (Fsp3) is 0.211. The number of halogens is 1. The van der Waals surface area contributed by atoms with Crippen molar-refractivity contribution < 1.29 is 14.3 Å². The first-order valence-electron chi connectivity index (χ1n) is 8.11. The number of carbonyl (C=O) groups is 1. The highest BCUT2D eigenvalue weighted by atomic mass is 79.9. The summed E-state index contributed by atoms with van der Waals surface area (Å²) < 4.78 is 12.0. The molecule has 26 heavy (non-hydrogen) atoms. The molecule has 1 heterocycles. The Kier molecular flexibility index (Phi) is 6.01. The third-order valence-corrected chi connectivity index (χ3v) is 4.08. The molecule has 3 aromatic rings. The maximum Gasteiger partial charge on any atom is 0.258 e. The average molecular weight is 416 g/mol. The number of carbonyl (C=O) groups excluding carboxylic acids is 1. The lowest BCUT2D eigenvalue weighted by Crippen LogP contribution is -2.32. The highest BCUT2D eigenvalue weighted by Crippen LogP contribution is 2.24. The lowest BCUT2D eigenvalue weighted by molar-refractivity contribution is -0.123. The van der Waals surface area contributed by atoms with Gasteiger partial charge in [-0.05, 0) is 42.8 Å². The molecule has 0 aliphatic heterocycles. The molecule has 6 nitrogen and oxygen atoms in total. The number of nitrogens with zero attached hydrogens (tertiary/aromatic N) is 2. The van der Waals surface area contributed by atoms with Crippen molar-refractivity contribution in [3.63, 3.8) is 0 Å². The number of rotatable bonds is 7. The number of fused-ring (bicyclic) bond motifs is 1. The second-order valence-electron chi connectivity index (χ2n) is 5.64. The Hall–Kier alpha value is -2.67. The Morgan fingerprint density at radius 1 is 1.15 bits per heavy atom. The van der Waals surface area contributed by atoms with E-state index in [0.717, 1.165) is 26.7 Å². The van der Waals surface area contributed by atoms with Crippen LogP contribution in [0.5, 0.6) is 11.6 Å². The second kappa shape index (κ2) is 8.62. The molecule has 0 atom stereocenters. The molecule has 1 aromatic heterocycles. The average Bonchev–Trinajstić information content (AvgIpc) is 2.63. The molecule has 0 aliphatic carbocycles. The van der Waals surface area contributed by atoms with Crippen LogP contribution >= 0.6 is 15.9 Å². The SMILES string of the molecule is Cc1cccc(OCCNC(=O)COc2ncnc3ccc(Br)cc23)c1. The Bertz CT molecular complexity index is 917. The fourth-order valence-electron chi connectivity index (χ4n) is 2.37. The van der Waals surface area contributed by atoms with Gasteiger partial charge >= 0.3 is 0 Å². The normalized spacial score (nSPS) is 10.5. The summed E-state index contributed by atoms with van der Waals surface area (Å²) >= 11 is 3.41. The van der Waals surface area contributed by atoms with E-state index in [9.17, 15) is 4.79 Å². The van der Waals surface area contributed by atoms with Crippen LogP contribution in [0.2, 0.25) is 0 Å². The quantitative estimate of drug-likeness (QED) is 0.599. The van der Waals surface area contributed by atoms with Gasteiger partial charge in [0.15, 0.2) is 6.61 Å². The van der Waals surface area contributed by atoms with Crippen molar-refractivity contribution in [2.24, 2.45) is 0 Å². The van der Waals surface area contributed by atoms with Crippen LogP contribution in [-0.2, 0) is 4.79 Å². The molecule has 7 heteroatoms. The topological polar surface area (TPSA) is 73.3 Å². The van der Waals surface area contributed by atoms with Crippen LogP contribution in [0.3, 0.4) is 0 Å². The minimum atomic E-state index is -0.236. The number of aromatic nitrogens is 2. The Morgan fingerprint density at radius 3 is 2.88 bits per heavy atom. The summed E-state index contributed by atoms with van der Waals surface area (Å²) in [4.78, 5) is 20.2. The van der Waals surface area contributed by atoms with Gasteiger partial charge < -0.3 is 14.8 Å². The van der Waals surface area contributed by atoms with E-state index < -0.39 is 0 Å². The number of nitrogens with one attached hydrogen (secondary N) is 1. The predicted molar refractivity (Wildman–Crippen MR) is 102 cm³/mol. The number of hydrogen-bond acceptors (Lipinski definition) is 5. The molecule has 0 unspecified atom stereocenters. The van der Waals surface area contributed by atoms with Crippen LogP contribution in [0.4, 0.5) is 0 Å². The summed E-state index contributed by atoms with van der Waals surface area (Å²) in [7, 11) is 0. The molecule has 134 valence electrons. The van der Waals surface area contributed by atoms with Crippen molar-refractivity contribution in [3.05, 3.63) is 58.8 Å². The molecule has 0 saturated carbocycles. The molecular formula is C19H18BrN3O3. The monoisotopic (exact) mass is 415 g/mol. The molecule has 0 bridgehead atoms. The summed E-state index contributed by atoms with van der Waals surface area (Å²) in [5.74, 6) is 0.926. The van der Waals surface area contributed by atoms with E-state index in [-0.39, 0.29) is 12.5 Å². The molecule has 0 spiro atoms. The van der Waals surface area contributed by atoms with E-state index in [1.165, 1.54) is 6.33 Å². The number of amides is 1. The minimum Gasteiger partial charge on any atom is -0.492 e. The van der Waals surface area contributed by atoms with Crippen molar-refractivity contribution in [2.75, 3.05) is 19.8 Å². The van der Waals surface area contributed by atoms with Crippen LogP contribution in [0, 0.1) is 6.92 Å². The van der Waals surface area contributed by atoms with Crippen molar-refractivity contribution in [1.82, 2.24) is 15.3 Å². The fourth-order valence-corrected chi connectivity index (χ4v) is 2.73. The number of aryl methyl sites for hydroxylation is 1. The second-order valence-corrected chi connectivity index (χ2v) is 6.56. The van der Waals surface area contributed by atoms with E-state index >= 15 is 0 Å². The highest BCUT2D eigenvalue weighted by Gasteiger charge is 2.08. The van der Waals surface area contributed by atoms with Crippen molar-refractivity contribution in [3.8, 4) is 11.6 Å². The van der Waals surface area contributed by atoms with Gasteiger partial charge in [0.1, 0.15) is 18.7 Å². The van der Waals surface area contributed by atoms with Gasteiger partial charge in [0.05, 0.1) is 17.4 Å². The van der Waals surface area contributed by atoms with Crippen molar-refractivity contribution in [1.29, 1.82) is 0 Å². The van der Waals surface area contributed by atoms with Crippen molar-refractivity contribution >= 4 is 32.7 Å². The van der Waals surface area contributed by atoms with E-state index in [1.807, 2.05) is 49.4 Å². The molecule has 0 fully saturated rings. The summed E-state index contributed by atoms with van der Waals surface area (Å²) in [6, 6.07) is 13.4. The standard InChI is InChI=1S/C19H18BrN3O3/c1-13-3-2-4-15(9-13)25-8-7-21-18(24)11-26-19-16-10-14(20)5-6-17(16)22-12-23-19/h2-6,9-10,12H,7-8,11H2,1H3,(H,21,24). The summed E-state index contributed by atoms with van der Waals surface area (Å²) in [6.07, 6.45) is 1.42. The van der Waals surface area contributed by atoms with Gasteiger partial charge in [-0.25, -0.2) is 9.97 Å². The minimum absolute atomic E-state index is 0.122. The van der Waals surface area contributed by atoms with Gasteiger partial charge in [0, 0.05) is 4.47 Å². The molecule has 3 rings (SSSR count). The summed E-state index contributed by atoms with van der Waals surface area (Å²) in [6.45, 7) is 2.66. The van der Waals surface area contributed by atoms with Crippen LogP contribution in [0.25, 0.3) is 10.9 Å². The van der Waals surface area contributed by atoms with Gasteiger partial charge in [-0.2, -0.15) is 0 Å². The Labute approximate surface area is 159 Å². The zero-order chi connectivity index (χ0) is 18.4. The third-order valence-electron chi connectivity index (χ3n) is 3.58. The highest BCUT2D eigenvalue weighted by molar-refractivity contribution is 9.10. The smallest absolute Gasteiger partial charge is 0.258 e. The van der Waals surface area contributed by atoms with E-state index in [4.69, 9.17) is 9.47 Å². The maximum absolute atomic E-state index is 11.9. The first-order valence-corrected chi connectivity index (χ1v) is 8.90. The molecule has 0 saturated heterocycles. The van der Waals surface area contributed by atoms with Gasteiger partial charge in [-0.3, -0.25) is 4.79 Å². The molecule has 1 N–H and O–H groups in total. The largest absolute Gasteiger partial charge is 0.492 e. The van der Waals surface area contributed by atoms with Gasteiger partial charge in [0.25, 0.3) is 5.91 Å². The van der Waals surface area contributed by atoms with Crippen LogP contribution < -0.4 is 14.8 Å². The van der Waals surface area contributed by atoms with Crippen LogP contribution in [0.15, 0.2) is 53.3 Å². The molecular weight excluding hydrogens is 398 g/mol. The first-order chi connectivity index (χ1) is 12.6. The predicted octanol–water partition coefficient (Wildman–Crippen LogP) is 3.27.